The second kappa shape index (κ2) is 8.53. The molecule has 0 aromatic heterocycles. The lowest BCUT2D eigenvalue weighted by atomic mass is 10.2. The normalized spacial score (nSPS) is 14.3. The molecule has 2 rings (SSSR count). The molecule has 8 heteroatoms. The molecule has 0 saturated carbocycles. The first kappa shape index (κ1) is 22.2. The number of carbonyl (C=O) groups excluding carboxylic acids is 1. The molecular formula is C20H24FNO4S2. The van der Waals surface area contributed by atoms with Crippen LogP contribution in [0.2, 0.25) is 0 Å². The van der Waals surface area contributed by atoms with E-state index >= 15 is 0 Å². The highest BCUT2D eigenvalue weighted by Gasteiger charge is 2.30. The number of nitrogens with one attached hydrogen (secondary N) is 1. The minimum absolute atomic E-state index is 0.120. The number of sulfone groups is 1. The van der Waals surface area contributed by atoms with E-state index in [0.29, 0.717) is 11.4 Å². The van der Waals surface area contributed by atoms with Gasteiger partial charge in [0.15, 0.2) is 9.84 Å². The van der Waals surface area contributed by atoms with Crippen LogP contribution in [0, 0.1) is 5.82 Å². The van der Waals surface area contributed by atoms with Crippen molar-refractivity contribution in [2.24, 2.45) is 0 Å². The molecule has 2 unspecified atom stereocenters. The van der Waals surface area contributed by atoms with Gasteiger partial charge >= 0.3 is 0 Å². The van der Waals surface area contributed by atoms with Gasteiger partial charge in [-0.2, -0.15) is 0 Å². The van der Waals surface area contributed by atoms with E-state index in [4.69, 9.17) is 0 Å². The van der Waals surface area contributed by atoms with E-state index in [9.17, 15) is 21.8 Å². The Morgan fingerprint density at radius 1 is 1.14 bits per heavy atom. The van der Waals surface area contributed by atoms with E-state index < -0.39 is 37.6 Å². The fraction of sp³-hybridized carbons (Fsp3) is 0.350. The molecule has 0 heterocycles. The summed E-state index contributed by atoms with van der Waals surface area (Å²) >= 11 is 0. The van der Waals surface area contributed by atoms with E-state index in [1.165, 1.54) is 6.92 Å². The zero-order valence-electron chi connectivity index (χ0n) is 16.2. The molecule has 0 spiro atoms. The molecule has 0 aliphatic heterocycles. The topological polar surface area (TPSA) is 80.3 Å². The first-order chi connectivity index (χ1) is 12.9. The summed E-state index contributed by atoms with van der Waals surface area (Å²) in [6.45, 7) is 6.94. The summed E-state index contributed by atoms with van der Waals surface area (Å²) in [4.78, 5) is 12.3. The molecular weight excluding hydrogens is 401 g/mol. The molecule has 0 bridgehead atoms. The van der Waals surface area contributed by atoms with E-state index in [2.05, 4.69) is 5.32 Å². The van der Waals surface area contributed by atoms with Crippen LogP contribution in [-0.2, 0) is 31.2 Å². The molecule has 2 aromatic carbocycles. The van der Waals surface area contributed by atoms with E-state index in [1.807, 2.05) is 20.8 Å². The Kier molecular flexibility index (Phi) is 6.77. The molecule has 2 atom stereocenters. The minimum atomic E-state index is -3.95. The van der Waals surface area contributed by atoms with Gasteiger partial charge in [-0.25, -0.2) is 12.8 Å². The minimum Gasteiger partial charge on any atom is -0.325 e. The molecule has 2 aromatic rings. The van der Waals surface area contributed by atoms with Gasteiger partial charge in [0.1, 0.15) is 11.1 Å². The summed E-state index contributed by atoms with van der Waals surface area (Å²) in [5, 5.41) is 1.23. The Labute approximate surface area is 167 Å². The summed E-state index contributed by atoms with van der Waals surface area (Å²) < 4.78 is 50.1. The van der Waals surface area contributed by atoms with Crippen molar-refractivity contribution in [1.82, 2.24) is 0 Å². The maximum Gasteiger partial charge on any atom is 0.242 e. The predicted octanol–water partition coefficient (Wildman–Crippen LogP) is 3.67. The molecule has 0 aliphatic rings. The fourth-order valence-corrected chi connectivity index (χ4v) is 4.50. The highest BCUT2D eigenvalue weighted by atomic mass is 32.2. The van der Waals surface area contributed by atoms with Gasteiger partial charge in [-0.3, -0.25) is 9.00 Å². The average molecular weight is 426 g/mol. The van der Waals surface area contributed by atoms with E-state index in [0.717, 1.165) is 29.8 Å². The molecule has 5 nitrogen and oxygen atoms in total. The van der Waals surface area contributed by atoms with Crippen molar-refractivity contribution in [3.63, 3.8) is 0 Å². The van der Waals surface area contributed by atoms with Crippen LogP contribution in [-0.4, -0.2) is 28.5 Å². The molecule has 28 heavy (non-hydrogen) atoms. The summed E-state index contributed by atoms with van der Waals surface area (Å²) in [6, 6.07) is 11.2. The van der Waals surface area contributed by atoms with Crippen molar-refractivity contribution in [2.75, 3.05) is 5.32 Å². The molecule has 0 aliphatic carbocycles. The third-order valence-corrected chi connectivity index (χ3v) is 8.19. The quantitative estimate of drug-likeness (QED) is 0.716. The number of amides is 1. The summed E-state index contributed by atoms with van der Waals surface area (Å²) in [6.07, 6.45) is 0. The van der Waals surface area contributed by atoms with Crippen molar-refractivity contribution in [2.45, 2.75) is 48.3 Å². The Morgan fingerprint density at radius 2 is 1.75 bits per heavy atom. The predicted molar refractivity (Wildman–Crippen MR) is 110 cm³/mol. The van der Waals surface area contributed by atoms with Gasteiger partial charge in [-0.1, -0.05) is 12.1 Å². The summed E-state index contributed by atoms with van der Waals surface area (Å²) in [7, 11) is -5.05. The number of halogens is 1. The summed E-state index contributed by atoms with van der Waals surface area (Å²) in [5.74, 6) is -0.921. The third kappa shape index (κ3) is 5.48. The van der Waals surface area contributed by atoms with Gasteiger partial charge in [-0.15, -0.1) is 0 Å². The van der Waals surface area contributed by atoms with E-state index in [1.54, 1.807) is 24.3 Å². The van der Waals surface area contributed by atoms with Crippen molar-refractivity contribution in [3.05, 3.63) is 59.9 Å². The van der Waals surface area contributed by atoms with Crippen LogP contribution in [0.1, 0.15) is 33.3 Å². The highest BCUT2D eigenvalue weighted by molar-refractivity contribution is 7.92. The van der Waals surface area contributed by atoms with Gasteiger partial charge in [0.25, 0.3) is 0 Å². The van der Waals surface area contributed by atoms with Gasteiger partial charge in [0.05, 0.1) is 4.90 Å². The number of benzene rings is 2. The van der Waals surface area contributed by atoms with Crippen molar-refractivity contribution in [3.8, 4) is 0 Å². The zero-order valence-corrected chi connectivity index (χ0v) is 17.9. The molecule has 0 fully saturated rings. The Hall–Kier alpha value is -2.06. The second-order valence-corrected chi connectivity index (χ2v) is 11.9. The lowest BCUT2D eigenvalue weighted by Crippen LogP contribution is -2.32. The molecule has 0 radical (unpaired) electrons. The van der Waals surface area contributed by atoms with Crippen molar-refractivity contribution in [1.29, 1.82) is 0 Å². The Bertz CT molecular complexity index is 980. The zero-order chi connectivity index (χ0) is 21.1. The van der Waals surface area contributed by atoms with Gasteiger partial charge in [-0.05, 0) is 69.7 Å². The monoisotopic (exact) mass is 425 g/mol. The fourth-order valence-electron chi connectivity index (χ4n) is 2.32. The molecule has 1 amide bonds. The Balaban J connectivity index is 2.15. The van der Waals surface area contributed by atoms with Crippen LogP contribution in [0.15, 0.2) is 53.4 Å². The molecule has 152 valence electrons. The number of rotatable bonds is 6. The second-order valence-electron chi connectivity index (χ2n) is 7.43. The largest absolute Gasteiger partial charge is 0.325 e. The van der Waals surface area contributed by atoms with Crippen LogP contribution in [0.4, 0.5) is 10.1 Å². The van der Waals surface area contributed by atoms with Crippen molar-refractivity contribution >= 4 is 32.2 Å². The van der Waals surface area contributed by atoms with Crippen molar-refractivity contribution < 1.29 is 21.8 Å². The molecule has 1 N–H and O–H groups in total. The number of hydrogen-bond acceptors (Lipinski definition) is 4. The maximum atomic E-state index is 13.0. The van der Waals surface area contributed by atoms with Crippen LogP contribution in [0.3, 0.4) is 0 Å². The van der Waals surface area contributed by atoms with Crippen LogP contribution in [0.25, 0.3) is 0 Å². The summed E-state index contributed by atoms with van der Waals surface area (Å²) in [5.41, 5.74) is 1.20. The number of hydrogen-bond donors (Lipinski definition) is 1. The Morgan fingerprint density at radius 3 is 2.32 bits per heavy atom. The van der Waals surface area contributed by atoms with Crippen LogP contribution in [0.5, 0.6) is 0 Å². The number of carbonyl (C=O) groups is 1. The first-order valence-corrected chi connectivity index (χ1v) is 11.6. The van der Waals surface area contributed by atoms with Crippen LogP contribution < -0.4 is 5.32 Å². The smallest absolute Gasteiger partial charge is 0.242 e. The first-order valence-electron chi connectivity index (χ1n) is 8.69. The van der Waals surface area contributed by atoms with Gasteiger partial charge < -0.3 is 5.32 Å². The van der Waals surface area contributed by atoms with E-state index in [-0.39, 0.29) is 9.64 Å². The lowest BCUT2D eigenvalue weighted by molar-refractivity contribution is -0.115. The highest BCUT2D eigenvalue weighted by Crippen LogP contribution is 2.21. The maximum absolute atomic E-state index is 13.0. The third-order valence-electron chi connectivity index (χ3n) is 4.15. The van der Waals surface area contributed by atoms with Gasteiger partial charge in [0, 0.05) is 27.0 Å². The van der Waals surface area contributed by atoms with Gasteiger partial charge in [0.2, 0.25) is 5.91 Å². The van der Waals surface area contributed by atoms with Crippen LogP contribution >= 0.6 is 0 Å². The molecule has 0 saturated heterocycles. The average Bonchev–Trinajstić information content (AvgIpc) is 2.60. The number of anilines is 1. The lowest BCUT2D eigenvalue weighted by Gasteiger charge is -2.18. The standard InChI is InChI=1S/C20H24FNO4S2/c1-14(28(25,26)18-10-8-16(21)9-11-18)19(23)22-17-7-5-6-15(12-17)13-27(24)20(2,3)4/h5-12,14H,13H2,1-4H3,(H,22,23). The SMILES string of the molecule is CC(C(=O)Nc1cccc(CS(=O)C(C)(C)C)c1)S(=O)(=O)c1ccc(F)cc1.